The highest BCUT2D eigenvalue weighted by Gasteiger charge is 2.58. The molecule has 2 aliphatic carbocycles. The highest BCUT2D eigenvalue weighted by molar-refractivity contribution is 8.10. The quantitative estimate of drug-likeness (QED) is 0.208. The molecule has 14 heteroatoms. The molecule has 3 aliphatic rings. The number of ether oxygens (including phenoxy) is 1. The molecular weight excluding hydrogens is 643 g/mol. The Morgan fingerprint density at radius 3 is 1.89 bits per heavy atom. The van der Waals surface area contributed by atoms with Gasteiger partial charge in [-0.1, -0.05) is 36.4 Å². The fraction of sp³-hybridized carbons (Fsp3) is 0.303. The summed E-state index contributed by atoms with van der Waals surface area (Å²) in [5, 5.41) is 0. The first-order valence-electron chi connectivity index (χ1n) is 15.4. The van der Waals surface area contributed by atoms with Gasteiger partial charge in [0.25, 0.3) is 20.0 Å². The van der Waals surface area contributed by atoms with Crippen molar-refractivity contribution >= 4 is 43.8 Å². The molecule has 4 aromatic rings. The minimum Gasteiger partial charge on any atom is -0.497 e. The molecule has 2 heterocycles. The monoisotopic (exact) mass is 676 g/mol. The minimum absolute atomic E-state index is 0.0570. The molecule has 1 aromatic heterocycles. The molecule has 7 rings (SSSR count). The van der Waals surface area contributed by atoms with E-state index in [4.69, 9.17) is 4.74 Å². The molecule has 2 saturated carbocycles. The number of sulfonamides is 2. The zero-order chi connectivity index (χ0) is 33.0. The number of nitrogens with one attached hydrogen (secondary N) is 1. The number of aromatic nitrogens is 2. The van der Waals surface area contributed by atoms with Crippen molar-refractivity contribution in [2.24, 2.45) is 11.8 Å². The number of urea groups is 1. The first-order valence-corrected chi connectivity index (χ1v) is 18.3. The molecule has 2 fully saturated rings. The summed E-state index contributed by atoms with van der Waals surface area (Å²) in [6.45, 7) is 0.585. The van der Waals surface area contributed by atoms with Crippen LogP contribution in [0.1, 0.15) is 41.7 Å². The van der Waals surface area contributed by atoms with E-state index < -0.39 is 42.4 Å². The Morgan fingerprint density at radius 1 is 0.830 bits per heavy atom. The molecule has 0 spiro atoms. The van der Waals surface area contributed by atoms with Crippen LogP contribution in [0.2, 0.25) is 0 Å². The molecule has 1 aliphatic heterocycles. The van der Waals surface area contributed by atoms with E-state index in [1.54, 1.807) is 31.4 Å². The van der Waals surface area contributed by atoms with Gasteiger partial charge in [0.2, 0.25) is 5.95 Å². The molecule has 1 N–H and O–H groups in total. The van der Waals surface area contributed by atoms with E-state index in [1.807, 2.05) is 12.1 Å². The number of hydrogen-bond donors (Lipinski definition) is 1. The zero-order valence-electron chi connectivity index (χ0n) is 25.7. The van der Waals surface area contributed by atoms with Gasteiger partial charge in [0.15, 0.2) is 11.5 Å². The van der Waals surface area contributed by atoms with Gasteiger partial charge in [-0.3, -0.25) is 0 Å². The van der Waals surface area contributed by atoms with Gasteiger partial charge in [-0.25, -0.2) is 14.5 Å². The average Bonchev–Trinajstić information content (AvgIpc) is 4.02. The maximum atomic E-state index is 14.7. The second-order valence-corrected chi connectivity index (χ2v) is 16.1. The molecule has 0 bridgehead atoms. The van der Waals surface area contributed by atoms with E-state index in [0.29, 0.717) is 5.75 Å². The number of hydrogen-bond acceptors (Lipinski definition) is 8. The van der Waals surface area contributed by atoms with Crippen LogP contribution >= 0.6 is 0 Å². The molecule has 3 aromatic carbocycles. The Kier molecular flexibility index (Phi) is 7.68. The van der Waals surface area contributed by atoms with Crippen LogP contribution in [0.25, 0.3) is 0 Å². The maximum absolute atomic E-state index is 14.7. The van der Waals surface area contributed by atoms with E-state index in [1.165, 1.54) is 53.4 Å². The summed E-state index contributed by atoms with van der Waals surface area (Å²) in [6.07, 6.45) is 3.54. The average molecular weight is 677 g/mol. The van der Waals surface area contributed by atoms with Crippen molar-refractivity contribution in [3.63, 3.8) is 0 Å². The van der Waals surface area contributed by atoms with Crippen LogP contribution in [0, 0.1) is 11.8 Å². The van der Waals surface area contributed by atoms with Crippen LogP contribution in [-0.4, -0.2) is 63.4 Å². The SMILES string of the molecule is COc1ccc(C[N+]2(CC3CC3)C(=O)c3[nH]c(N(S(=O)(=O)c4ccccc4)S(=O)(=O)c4ccccc4)nc3N(CC3CC3)C2=O)cc1. The van der Waals surface area contributed by atoms with Crippen molar-refractivity contribution < 1.29 is 35.6 Å². The van der Waals surface area contributed by atoms with Crippen molar-refractivity contribution in [2.45, 2.75) is 42.0 Å². The molecule has 1 atom stereocenters. The number of benzene rings is 3. The lowest BCUT2D eigenvalue weighted by atomic mass is 10.1. The van der Waals surface area contributed by atoms with Gasteiger partial charge in [0.05, 0.1) is 23.4 Å². The number of imidazole rings is 1. The normalized spacial score (nSPS) is 19.8. The Hall–Kier alpha value is -4.53. The van der Waals surface area contributed by atoms with E-state index in [0.717, 1.165) is 31.2 Å². The first-order chi connectivity index (χ1) is 22.5. The van der Waals surface area contributed by atoms with Crippen LogP contribution in [0.15, 0.2) is 94.7 Å². The second-order valence-electron chi connectivity index (χ2n) is 12.3. The van der Waals surface area contributed by atoms with E-state index in [9.17, 15) is 26.4 Å². The molecular formula is C33H34N5O7S2+. The number of imide groups is 1. The number of nitrogens with zero attached hydrogens (tertiary/aromatic N) is 4. The molecule has 47 heavy (non-hydrogen) atoms. The van der Waals surface area contributed by atoms with Gasteiger partial charge >= 0.3 is 11.9 Å². The topological polar surface area (TPSA) is 147 Å². The molecule has 1 unspecified atom stereocenters. The van der Waals surface area contributed by atoms with Gasteiger partial charge in [-0.2, -0.15) is 26.3 Å². The van der Waals surface area contributed by atoms with Crippen molar-refractivity contribution in [1.29, 1.82) is 0 Å². The summed E-state index contributed by atoms with van der Waals surface area (Å²) >= 11 is 0. The van der Waals surface area contributed by atoms with Gasteiger partial charge in [0, 0.05) is 18.0 Å². The highest BCUT2D eigenvalue weighted by atomic mass is 32.3. The number of rotatable bonds is 12. The lowest BCUT2D eigenvalue weighted by molar-refractivity contribution is -0.783. The second kappa shape index (κ2) is 11.6. The van der Waals surface area contributed by atoms with Crippen LogP contribution in [0.3, 0.4) is 0 Å². The number of amides is 3. The summed E-state index contributed by atoms with van der Waals surface area (Å²) < 4.78 is 61.6. The Morgan fingerprint density at radius 2 is 1.38 bits per heavy atom. The number of carbonyl (C=O) groups excluding carboxylic acids is 2. The maximum Gasteiger partial charge on any atom is 0.433 e. The van der Waals surface area contributed by atoms with E-state index in [2.05, 4.69) is 9.97 Å². The van der Waals surface area contributed by atoms with Gasteiger partial charge in [-0.15, -0.1) is 3.71 Å². The smallest absolute Gasteiger partial charge is 0.433 e. The van der Waals surface area contributed by atoms with Gasteiger partial charge in [0.1, 0.15) is 12.3 Å². The Labute approximate surface area is 273 Å². The minimum atomic E-state index is -4.79. The fourth-order valence-electron chi connectivity index (χ4n) is 6.01. The van der Waals surface area contributed by atoms with Crippen molar-refractivity contribution in [3.05, 3.63) is 96.2 Å². The highest BCUT2D eigenvalue weighted by Crippen LogP contribution is 2.43. The van der Waals surface area contributed by atoms with Crippen LogP contribution in [0.4, 0.5) is 16.6 Å². The number of carbonyl (C=O) groups is 2. The van der Waals surface area contributed by atoms with Gasteiger partial charge < -0.3 is 9.72 Å². The number of quaternary nitrogens is 1. The Bertz CT molecular complexity index is 1980. The number of methoxy groups -OCH3 is 1. The van der Waals surface area contributed by atoms with Crippen molar-refractivity contribution in [1.82, 2.24) is 9.97 Å². The molecule has 3 amide bonds. The first kappa shape index (κ1) is 31.1. The van der Waals surface area contributed by atoms with Crippen molar-refractivity contribution in [3.8, 4) is 5.75 Å². The Balaban J connectivity index is 1.40. The third-order valence-electron chi connectivity index (χ3n) is 8.84. The lowest BCUT2D eigenvalue weighted by Gasteiger charge is -2.39. The number of aromatic amines is 1. The van der Waals surface area contributed by atoms with Crippen LogP contribution < -0.4 is 13.3 Å². The summed E-state index contributed by atoms with van der Waals surface area (Å²) in [4.78, 5) is 37.5. The standard InChI is InChI=1S/C33H33N5O7S2/c1-45-26-18-16-25(17-19-26)22-38(21-24-14-15-24)31(39)29-30(36(33(38)40)20-23-12-13-23)35-32(34-29)37(46(41,42)27-8-4-2-5-9-27)47(43,44)28-10-6-3-7-11-28/h2-11,16-19,23-24H,12-15,20-22H2,1H3/p+1. The van der Waals surface area contributed by atoms with Crippen LogP contribution in [0.5, 0.6) is 5.75 Å². The predicted octanol–water partition coefficient (Wildman–Crippen LogP) is 4.92. The molecule has 0 saturated heterocycles. The number of H-pyrrole nitrogens is 1. The number of fused-ring (bicyclic) bond motifs is 1. The predicted molar refractivity (Wildman–Crippen MR) is 173 cm³/mol. The third kappa shape index (κ3) is 5.59. The largest absolute Gasteiger partial charge is 0.497 e. The van der Waals surface area contributed by atoms with Crippen molar-refractivity contribution in [2.75, 3.05) is 28.8 Å². The summed E-state index contributed by atoms with van der Waals surface area (Å²) in [5.74, 6) is -0.289. The lowest BCUT2D eigenvalue weighted by Crippen LogP contribution is -2.65. The van der Waals surface area contributed by atoms with Crippen LogP contribution in [-0.2, 0) is 26.6 Å². The third-order valence-corrected chi connectivity index (χ3v) is 13.0. The fourth-order valence-corrected chi connectivity index (χ4v) is 9.57. The number of anilines is 2. The summed E-state index contributed by atoms with van der Waals surface area (Å²) in [7, 11) is -8.03. The van der Waals surface area contributed by atoms with E-state index >= 15 is 0 Å². The molecule has 12 nitrogen and oxygen atoms in total. The molecule has 244 valence electrons. The molecule has 0 radical (unpaired) electrons. The summed E-state index contributed by atoms with van der Waals surface area (Å²) in [5.41, 5.74) is 0.633. The zero-order valence-corrected chi connectivity index (χ0v) is 27.3. The summed E-state index contributed by atoms with van der Waals surface area (Å²) in [6, 6.07) is 21.0. The van der Waals surface area contributed by atoms with Gasteiger partial charge in [-0.05, 0) is 80.1 Å². The van der Waals surface area contributed by atoms with E-state index in [-0.39, 0.29) is 56.5 Å².